The number of carboxylic acid groups (broad SMARTS) is 1. The fourth-order valence-corrected chi connectivity index (χ4v) is 3.16. The van der Waals surface area contributed by atoms with Gasteiger partial charge in [-0.1, -0.05) is 0 Å². The van der Waals surface area contributed by atoms with Gasteiger partial charge in [0.2, 0.25) is 0 Å². The summed E-state index contributed by atoms with van der Waals surface area (Å²) in [6.45, 7) is 0.700. The van der Waals surface area contributed by atoms with E-state index < -0.39 is 5.97 Å². The van der Waals surface area contributed by atoms with Crippen LogP contribution in [0.1, 0.15) is 21.8 Å². The van der Waals surface area contributed by atoms with E-state index >= 15 is 0 Å². The van der Waals surface area contributed by atoms with E-state index in [-0.39, 0.29) is 11.5 Å². The van der Waals surface area contributed by atoms with Gasteiger partial charge in [0.15, 0.2) is 0 Å². The average Bonchev–Trinajstić information content (AvgIpc) is 3.16. The number of hydrogen-bond donors (Lipinski definition) is 1. The number of carbonyl (C=O) groups is 1. The molecule has 0 bridgehead atoms. The number of benzene rings is 1. The monoisotopic (exact) mass is 296 g/mol. The van der Waals surface area contributed by atoms with Crippen LogP contribution in [0, 0.1) is 11.3 Å². The summed E-state index contributed by atoms with van der Waals surface area (Å²) in [7, 11) is 0. The highest BCUT2D eigenvalue weighted by Gasteiger charge is 2.27. The Kier molecular flexibility index (Phi) is 3.46. The Balaban J connectivity index is 1.86. The molecule has 0 saturated carbocycles. The summed E-state index contributed by atoms with van der Waals surface area (Å²) in [4.78, 5) is 12.9. The van der Waals surface area contributed by atoms with Crippen molar-refractivity contribution in [1.29, 1.82) is 5.26 Å². The van der Waals surface area contributed by atoms with E-state index in [1.165, 1.54) is 0 Å². The van der Waals surface area contributed by atoms with Crippen LogP contribution < -0.4 is 4.90 Å². The van der Waals surface area contributed by atoms with Crippen molar-refractivity contribution in [2.45, 2.75) is 5.92 Å². The van der Waals surface area contributed by atoms with Crippen LogP contribution >= 0.6 is 11.3 Å². The molecular weight excluding hydrogens is 284 g/mol. The Bertz CT molecular complexity index is 727. The van der Waals surface area contributed by atoms with Crippen LogP contribution in [0.15, 0.2) is 52.9 Å². The Morgan fingerprint density at radius 3 is 2.67 bits per heavy atom. The zero-order chi connectivity index (χ0) is 14.8. The Labute approximate surface area is 126 Å². The molecule has 21 heavy (non-hydrogen) atoms. The van der Waals surface area contributed by atoms with Gasteiger partial charge in [-0.2, -0.15) is 16.6 Å². The van der Waals surface area contributed by atoms with Crippen LogP contribution in [-0.4, -0.2) is 17.6 Å². The quantitative estimate of drug-likeness (QED) is 0.942. The van der Waals surface area contributed by atoms with Crippen LogP contribution in [0.3, 0.4) is 0 Å². The first-order valence-electron chi connectivity index (χ1n) is 6.43. The lowest BCUT2D eigenvalue weighted by Gasteiger charge is -2.17. The first kappa shape index (κ1) is 13.4. The SMILES string of the molecule is N#CC1=CN(c2ccc(C(=O)O)cc2)CC1c1ccsc1. The fraction of sp³-hybridized carbons (Fsp3) is 0.125. The maximum absolute atomic E-state index is 10.9. The molecule has 1 aliphatic heterocycles. The minimum atomic E-state index is -0.938. The van der Waals surface area contributed by atoms with Gasteiger partial charge < -0.3 is 10.0 Å². The zero-order valence-electron chi connectivity index (χ0n) is 11.1. The Morgan fingerprint density at radius 2 is 2.10 bits per heavy atom. The van der Waals surface area contributed by atoms with E-state index in [1.807, 2.05) is 22.5 Å². The molecular formula is C16H12N2O2S. The molecule has 1 unspecified atom stereocenters. The topological polar surface area (TPSA) is 64.3 Å². The molecule has 0 saturated heterocycles. The second-order valence-electron chi connectivity index (χ2n) is 4.81. The molecule has 1 aromatic carbocycles. The van der Waals surface area contributed by atoms with Crippen LogP contribution in [-0.2, 0) is 0 Å². The molecule has 5 heteroatoms. The van der Waals surface area contributed by atoms with Crippen molar-refractivity contribution < 1.29 is 9.90 Å². The molecule has 1 aliphatic rings. The van der Waals surface area contributed by atoms with E-state index in [0.717, 1.165) is 16.8 Å². The van der Waals surface area contributed by atoms with Gasteiger partial charge in [0.25, 0.3) is 0 Å². The van der Waals surface area contributed by atoms with Crippen molar-refractivity contribution in [1.82, 2.24) is 0 Å². The number of carboxylic acids is 1. The maximum atomic E-state index is 10.9. The molecule has 0 amide bonds. The third-order valence-electron chi connectivity index (χ3n) is 3.57. The molecule has 0 radical (unpaired) electrons. The minimum absolute atomic E-state index is 0.0837. The summed E-state index contributed by atoms with van der Waals surface area (Å²) in [6.07, 6.45) is 1.85. The number of aromatic carboxylic acids is 1. The third kappa shape index (κ3) is 2.54. The molecule has 4 nitrogen and oxygen atoms in total. The van der Waals surface area contributed by atoms with Gasteiger partial charge in [-0.25, -0.2) is 4.79 Å². The predicted octanol–water partition coefficient (Wildman–Crippen LogP) is 3.46. The third-order valence-corrected chi connectivity index (χ3v) is 4.27. The van der Waals surface area contributed by atoms with Crippen molar-refractivity contribution in [3.05, 3.63) is 64.0 Å². The number of anilines is 1. The number of nitriles is 1. The summed E-state index contributed by atoms with van der Waals surface area (Å²) < 4.78 is 0. The number of thiophene rings is 1. The van der Waals surface area contributed by atoms with Gasteiger partial charge in [-0.05, 0) is 46.7 Å². The van der Waals surface area contributed by atoms with Crippen LogP contribution in [0.5, 0.6) is 0 Å². The van der Waals surface area contributed by atoms with Crippen molar-refractivity contribution in [3.63, 3.8) is 0 Å². The summed E-state index contributed by atoms with van der Waals surface area (Å²) in [5.74, 6) is -0.854. The molecule has 2 heterocycles. The van der Waals surface area contributed by atoms with Crippen LogP contribution in [0.25, 0.3) is 0 Å². The fourth-order valence-electron chi connectivity index (χ4n) is 2.45. The number of rotatable bonds is 3. The highest BCUT2D eigenvalue weighted by atomic mass is 32.1. The molecule has 0 spiro atoms. The van der Waals surface area contributed by atoms with Gasteiger partial charge in [-0.3, -0.25) is 0 Å². The zero-order valence-corrected chi connectivity index (χ0v) is 11.9. The lowest BCUT2D eigenvalue weighted by atomic mass is 9.97. The van der Waals surface area contributed by atoms with E-state index in [1.54, 1.807) is 35.6 Å². The molecule has 0 aliphatic carbocycles. The van der Waals surface area contributed by atoms with E-state index in [0.29, 0.717) is 6.54 Å². The largest absolute Gasteiger partial charge is 0.478 e. The number of hydrogen-bond acceptors (Lipinski definition) is 4. The second kappa shape index (κ2) is 5.43. The molecule has 1 N–H and O–H groups in total. The van der Waals surface area contributed by atoms with Crippen LogP contribution in [0.2, 0.25) is 0 Å². The van der Waals surface area contributed by atoms with Crippen molar-refractivity contribution >= 4 is 23.0 Å². The van der Waals surface area contributed by atoms with E-state index in [4.69, 9.17) is 5.11 Å². The van der Waals surface area contributed by atoms with Gasteiger partial charge in [0.05, 0.1) is 17.2 Å². The molecule has 1 atom stereocenters. The van der Waals surface area contributed by atoms with Gasteiger partial charge in [0.1, 0.15) is 0 Å². The minimum Gasteiger partial charge on any atom is -0.478 e. The molecule has 3 rings (SSSR count). The maximum Gasteiger partial charge on any atom is 0.335 e. The molecule has 1 aromatic heterocycles. The normalized spacial score (nSPS) is 17.4. The van der Waals surface area contributed by atoms with Crippen molar-refractivity contribution in [2.75, 3.05) is 11.4 Å². The number of nitrogens with zero attached hydrogens (tertiary/aromatic N) is 2. The first-order valence-corrected chi connectivity index (χ1v) is 7.37. The lowest BCUT2D eigenvalue weighted by molar-refractivity contribution is 0.0697. The van der Waals surface area contributed by atoms with E-state index in [9.17, 15) is 10.1 Å². The van der Waals surface area contributed by atoms with Crippen LogP contribution in [0.4, 0.5) is 5.69 Å². The highest BCUT2D eigenvalue weighted by Crippen LogP contribution is 2.34. The summed E-state index contributed by atoms with van der Waals surface area (Å²) in [5, 5.41) is 22.3. The molecule has 104 valence electrons. The Morgan fingerprint density at radius 1 is 1.33 bits per heavy atom. The van der Waals surface area contributed by atoms with Crippen molar-refractivity contribution in [2.24, 2.45) is 0 Å². The Hall–Kier alpha value is -2.58. The molecule has 2 aromatic rings. The van der Waals surface area contributed by atoms with Gasteiger partial charge >= 0.3 is 5.97 Å². The summed E-state index contributed by atoms with van der Waals surface area (Å²) >= 11 is 1.62. The second-order valence-corrected chi connectivity index (χ2v) is 5.59. The molecule has 0 fully saturated rings. The summed E-state index contributed by atoms with van der Waals surface area (Å²) in [5.41, 5.74) is 3.04. The lowest BCUT2D eigenvalue weighted by Crippen LogP contribution is -2.16. The first-order chi connectivity index (χ1) is 10.2. The van der Waals surface area contributed by atoms with Gasteiger partial charge in [0, 0.05) is 24.4 Å². The summed E-state index contributed by atoms with van der Waals surface area (Å²) in [6, 6.07) is 11.0. The standard InChI is InChI=1S/C16H12N2O2S/c17-7-13-8-18(9-15(13)12-5-6-21-10-12)14-3-1-11(2-4-14)16(19)20/h1-6,8,10,15H,9H2,(H,19,20). The van der Waals surface area contributed by atoms with Crippen molar-refractivity contribution in [3.8, 4) is 6.07 Å². The van der Waals surface area contributed by atoms with E-state index in [2.05, 4.69) is 11.4 Å². The predicted molar refractivity (Wildman–Crippen MR) is 81.5 cm³/mol. The highest BCUT2D eigenvalue weighted by molar-refractivity contribution is 7.08. The average molecular weight is 296 g/mol. The smallest absolute Gasteiger partial charge is 0.335 e. The van der Waals surface area contributed by atoms with Gasteiger partial charge in [-0.15, -0.1) is 0 Å².